The first-order valence-corrected chi connectivity index (χ1v) is 7.80. The van der Waals surface area contributed by atoms with Gasteiger partial charge in [0, 0.05) is 13.6 Å². The van der Waals surface area contributed by atoms with Gasteiger partial charge in [-0.3, -0.25) is 4.72 Å². The van der Waals surface area contributed by atoms with Crippen molar-refractivity contribution in [3.8, 4) is 0 Å². The van der Waals surface area contributed by atoms with E-state index in [0.29, 0.717) is 12.1 Å². The lowest BCUT2D eigenvalue weighted by Crippen LogP contribution is -2.33. The molecule has 0 radical (unpaired) electrons. The third-order valence-corrected chi connectivity index (χ3v) is 4.45. The maximum atomic E-state index is 12.0. The van der Waals surface area contributed by atoms with Gasteiger partial charge in [-0.2, -0.15) is 12.7 Å². The summed E-state index contributed by atoms with van der Waals surface area (Å²) in [5.74, 6) is -1.08. The molecule has 2 N–H and O–H groups in total. The van der Waals surface area contributed by atoms with Crippen molar-refractivity contribution >= 4 is 21.9 Å². The first kappa shape index (κ1) is 16.5. The fraction of sp³-hybridized carbons (Fsp3) is 0.462. The van der Waals surface area contributed by atoms with E-state index in [2.05, 4.69) is 4.72 Å². The quantitative estimate of drug-likeness (QED) is 0.807. The average Bonchev–Trinajstić information content (AvgIpc) is 2.37. The van der Waals surface area contributed by atoms with Crippen molar-refractivity contribution in [2.75, 3.05) is 18.3 Å². The van der Waals surface area contributed by atoms with Crippen molar-refractivity contribution < 1.29 is 18.3 Å². The molecule has 0 heterocycles. The Balaban J connectivity index is 2.92. The largest absolute Gasteiger partial charge is 0.478 e. The number of anilines is 1. The summed E-state index contributed by atoms with van der Waals surface area (Å²) in [6.45, 7) is 4.06. The molecule has 0 saturated heterocycles. The Bertz CT molecular complexity index is 584. The van der Waals surface area contributed by atoms with E-state index < -0.39 is 16.2 Å². The lowest BCUT2D eigenvalue weighted by atomic mass is 10.1. The second-order valence-electron chi connectivity index (χ2n) is 4.62. The summed E-state index contributed by atoms with van der Waals surface area (Å²) in [6, 6.07) is 4.45. The van der Waals surface area contributed by atoms with Gasteiger partial charge in [-0.1, -0.05) is 19.4 Å². The van der Waals surface area contributed by atoms with Crippen LogP contribution in [-0.4, -0.2) is 37.4 Å². The van der Waals surface area contributed by atoms with Crippen LogP contribution in [0.25, 0.3) is 0 Å². The lowest BCUT2D eigenvalue weighted by Gasteiger charge is -2.18. The summed E-state index contributed by atoms with van der Waals surface area (Å²) in [7, 11) is -2.16. The molecular weight excluding hydrogens is 280 g/mol. The fourth-order valence-corrected chi connectivity index (χ4v) is 2.59. The number of benzene rings is 1. The van der Waals surface area contributed by atoms with Gasteiger partial charge in [0.15, 0.2) is 0 Å². The van der Waals surface area contributed by atoms with Gasteiger partial charge >= 0.3 is 16.2 Å². The number of hydrogen-bond acceptors (Lipinski definition) is 3. The van der Waals surface area contributed by atoms with Gasteiger partial charge in [-0.15, -0.1) is 0 Å². The first-order valence-electron chi connectivity index (χ1n) is 6.36. The third-order valence-electron chi connectivity index (χ3n) is 2.95. The minimum atomic E-state index is -3.65. The van der Waals surface area contributed by atoms with Gasteiger partial charge in [-0.25, -0.2) is 4.79 Å². The summed E-state index contributed by atoms with van der Waals surface area (Å²) in [5.41, 5.74) is 0.914. The number of unbranched alkanes of at least 4 members (excludes halogenated alkanes) is 1. The Morgan fingerprint density at radius 2 is 2.05 bits per heavy atom. The molecule has 1 aromatic carbocycles. The summed E-state index contributed by atoms with van der Waals surface area (Å²) < 4.78 is 27.7. The Kier molecular flexibility index (Phi) is 5.52. The molecule has 0 atom stereocenters. The van der Waals surface area contributed by atoms with Gasteiger partial charge in [0.25, 0.3) is 0 Å². The van der Waals surface area contributed by atoms with Crippen molar-refractivity contribution in [1.82, 2.24) is 4.31 Å². The van der Waals surface area contributed by atoms with E-state index in [1.165, 1.54) is 17.4 Å². The number of nitrogens with zero attached hydrogens (tertiary/aromatic N) is 1. The summed E-state index contributed by atoms with van der Waals surface area (Å²) in [4.78, 5) is 11.0. The zero-order valence-corrected chi connectivity index (χ0v) is 12.7. The molecule has 112 valence electrons. The van der Waals surface area contributed by atoms with Crippen LogP contribution in [0.5, 0.6) is 0 Å². The number of carboxylic acids is 1. The first-order chi connectivity index (χ1) is 9.27. The number of rotatable bonds is 7. The molecule has 0 fully saturated rings. The summed E-state index contributed by atoms with van der Waals surface area (Å²) in [5, 5.41) is 9.03. The van der Waals surface area contributed by atoms with Crippen LogP contribution in [0.1, 0.15) is 35.7 Å². The monoisotopic (exact) mass is 300 g/mol. The molecule has 1 aromatic rings. The minimum Gasteiger partial charge on any atom is -0.478 e. The van der Waals surface area contributed by atoms with Crippen LogP contribution in [0.4, 0.5) is 5.69 Å². The van der Waals surface area contributed by atoms with Crippen LogP contribution in [0, 0.1) is 6.92 Å². The van der Waals surface area contributed by atoms with Crippen molar-refractivity contribution in [2.45, 2.75) is 26.7 Å². The van der Waals surface area contributed by atoms with E-state index in [9.17, 15) is 13.2 Å². The van der Waals surface area contributed by atoms with Gasteiger partial charge in [-0.05, 0) is 31.0 Å². The van der Waals surface area contributed by atoms with Gasteiger partial charge in [0.2, 0.25) is 0 Å². The second kappa shape index (κ2) is 6.71. The Hall–Kier alpha value is -1.60. The number of carbonyl (C=O) groups is 1. The Labute approximate surface area is 119 Å². The molecule has 0 aromatic heterocycles. The van der Waals surface area contributed by atoms with Gasteiger partial charge in [0.05, 0.1) is 11.3 Å². The Morgan fingerprint density at radius 1 is 1.40 bits per heavy atom. The normalized spacial score (nSPS) is 11.6. The highest BCUT2D eigenvalue weighted by Gasteiger charge is 2.18. The predicted octanol–water partition coefficient (Wildman–Crippen LogP) is 2.08. The molecule has 0 amide bonds. The zero-order chi connectivity index (χ0) is 15.3. The molecule has 0 bridgehead atoms. The van der Waals surface area contributed by atoms with Crippen molar-refractivity contribution in [3.05, 3.63) is 29.3 Å². The van der Waals surface area contributed by atoms with E-state index >= 15 is 0 Å². The number of aromatic carboxylic acids is 1. The molecule has 0 unspecified atom stereocenters. The standard InChI is InChI=1S/C13H20N2O4S/c1-4-5-8-15(3)20(18,19)14-11-7-6-10(2)12(9-11)13(16)17/h6-7,9,14H,4-5,8H2,1-3H3,(H,16,17). The predicted molar refractivity (Wildman–Crippen MR) is 78.2 cm³/mol. The van der Waals surface area contributed by atoms with Crippen LogP contribution in [-0.2, 0) is 10.2 Å². The minimum absolute atomic E-state index is 0.0846. The van der Waals surface area contributed by atoms with Crippen molar-refractivity contribution in [1.29, 1.82) is 0 Å². The van der Waals surface area contributed by atoms with E-state index in [1.807, 2.05) is 6.92 Å². The topological polar surface area (TPSA) is 86.7 Å². The van der Waals surface area contributed by atoms with E-state index in [-0.39, 0.29) is 11.3 Å². The second-order valence-corrected chi connectivity index (χ2v) is 6.39. The molecule has 0 aliphatic carbocycles. The molecule has 0 aliphatic rings. The van der Waals surface area contributed by atoms with Crippen LogP contribution >= 0.6 is 0 Å². The molecule has 20 heavy (non-hydrogen) atoms. The number of aryl methyl sites for hydroxylation is 1. The van der Waals surface area contributed by atoms with Gasteiger partial charge < -0.3 is 5.11 Å². The molecular formula is C13H20N2O4S. The summed E-state index contributed by atoms with van der Waals surface area (Å²) >= 11 is 0. The van der Waals surface area contributed by atoms with Crippen LogP contribution in [0.2, 0.25) is 0 Å². The third kappa shape index (κ3) is 4.21. The maximum absolute atomic E-state index is 12.0. The molecule has 6 nitrogen and oxygen atoms in total. The van der Waals surface area contributed by atoms with Crippen molar-refractivity contribution in [2.24, 2.45) is 0 Å². The summed E-state index contributed by atoms with van der Waals surface area (Å²) in [6.07, 6.45) is 1.67. The molecule has 0 saturated carbocycles. The maximum Gasteiger partial charge on any atom is 0.336 e. The lowest BCUT2D eigenvalue weighted by molar-refractivity contribution is 0.0696. The highest BCUT2D eigenvalue weighted by atomic mass is 32.2. The molecule has 0 aliphatic heterocycles. The van der Waals surface area contributed by atoms with Crippen molar-refractivity contribution in [3.63, 3.8) is 0 Å². The number of carboxylic acid groups (broad SMARTS) is 1. The van der Waals surface area contributed by atoms with E-state index in [0.717, 1.165) is 12.8 Å². The van der Waals surface area contributed by atoms with Crippen LogP contribution in [0.3, 0.4) is 0 Å². The SMILES string of the molecule is CCCCN(C)S(=O)(=O)Nc1ccc(C)c(C(=O)O)c1. The smallest absolute Gasteiger partial charge is 0.336 e. The van der Waals surface area contributed by atoms with Crippen LogP contribution < -0.4 is 4.72 Å². The Morgan fingerprint density at radius 3 is 2.60 bits per heavy atom. The highest BCUT2D eigenvalue weighted by molar-refractivity contribution is 7.90. The van der Waals surface area contributed by atoms with E-state index in [1.54, 1.807) is 19.1 Å². The number of nitrogens with one attached hydrogen (secondary N) is 1. The number of hydrogen-bond donors (Lipinski definition) is 2. The molecule has 1 rings (SSSR count). The van der Waals surface area contributed by atoms with Crippen LogP contribution in [0.15, 0.2) is 18.2 Å². The molecule has 0 spiro atoms. The average molecular weight is 300 g/mol. The van der Waals surface area contributed by atoms with E-state index in [4.69, 9.17) is 5.11 Å². The molecule has 7 heteroatoms. The fourth-order valence-electron chi connectivity index (χ4n) is 1.64. The van der Waals surface area contributed by atoms with Gasteiger partial charge in [0.1, 0.15) is 0 Å². The zero-order valence-electron chi connectivity index (χ0n) is 11.9. The highest BCUT2D eigenvalue weighted by Crippen LogP contribution is 2.17.